The fraction of sp³-hybridized carbons (Fsp3) is 0.154. The van der Waals surface area contributed by atoms with Crippen LogP contribution in [0, 0.1) is 0 Å². The highest BCUT2D eigenvalue weighted by Gasteiger charge is 2.17. The summed E-state index contributed by atoms with van der Waals surface area (Å²) < 4.78 is 6.19. The van der Waals surface area contributed by atoms with Crippen molar-refractivity contribution in [2.24, 2.45) is 0 Å². The number of aromatic carboxylic acids is 1. The van der Waals surface area contributed by atoms with Gasteiger partial charge in [-0.3, -0.25) is 0 Å². The van der Waals surface area contributed by atoms with E-state index in [0.29, 0.717) is 10.2 Å². The molecule has 0 atom stereocenters. The van der Waals surface area contributed by atoms with Gasteiger partial charge < -0.3 is 14.9 Å². The van der Waals surface area contributed by atoms with Crippen molar-refractivity contribution in [1.29, 1.82) is 0 Å². The first-order valence-corrected chi connectivity index (χ1v) is 7.11. The minimum absolute atomic E-state index is 0.000375. The molecule has 6 heteroatoms. The molecule has 0 aliphatic carbocycles. The molecule has 1 heterocycles. The molecule has 0 amide bonds. The lowest BCUT2D eigenvalue weighted by atomic mass is 10.1. The van der Waals surface area contributed by atoms with Gasteiger partial charge in [0.1, 0.15) is 6.61 Å². The van der Waals surface area contributed by atoms with Crippen LogP contribution >= 0.6 is 27.3 Å². The van der Waals surface area contributed by atoms with Crippen molar-refractivity contribution in [1.82, 2.24) is 0 Å². The average Bonchev–Trinajstić information content (AvgIpc) is 2.78. The maximum atomic E-state index is 11.0. The van der Waals surface area contributed by atoms with Crippen LogP contribution < -0.4 is 4.74 Å². The molecule has 1 aromatic carbocycles. The van der Waals surface area contributed by atoms with Crippen molar-refractivity contribution in [3.63, 3.8) is 0 Å². The van der Waals surface area contributed by atoms with Crippen molar-refractivity contribution in [2.75, 3.05) is 0 Å². The van der Waals surface area contributed by atoms with Gasteiger partial charge in [0.2, 0.25) is 0 Å². The predicted molar refractivity (Wildman–Crippen MR) is 75.7 cm³/mol. The molecular weight excluding hydrogens is 332 g/mol. The molecule has 0 fully saturated rings. The molecule has 0 unspecified atom stereocenters. The summed E-state index contributed by atoms with van der Waals surface area (Å²) in [6, 6.07) is 7.29. The molecule has 19 heavy (non-hydrogen) atoms. The second-order valence-corrected chi connectivity index (χ2v) is 5.54. The van der Waals surface area contributed by atoms with Crippen molar-refractivity contribution < 1.29 is 19.7 Å². The van der Waals surface area contributed by atoms with Crippen LogP contribution in [0.5, 0.6) is 5.75 Å². The summed E-state index contributed by atoms with van der Waals surface area (Å²) in [5, 5.41) is 19.7. The van der Waals surface area contributed by atoms with Gasteiger partial charge in [0.05, 0.1) is 11.1 Å². The number of thiophene rings is 1. The zero-order valence-electron chi connectivity index (χ0n) is 9.80. The fourth-order valence-corrected chi connectivity index (χ4v) is 2.93. The lowest BCUT2D eigenvalue weighted by Crippen LogP contribution is -2.00. The number of hydrogen-bond acceptors (Lipinski definition) is 4. The molecule has 2 rings (SSSR count). The van der Waals surface area contributed by atoms with Gasteiger partial charge in [0.25, 0.3) is 0 Å². The van der Waals surface area contributed by atoms with E-state index in [0.717, 1.165) is 22.5 Å². The average molecular weight is 343 g/mol. The normalized spacial score (nSPS) is 10.4. The van der Waals surface area contributed by atoms with E-state index in [1.54, 1.807) is 17.5 Å². The monoisotopic (exact) mass is 342 g/mol. The molecule has 100 valence electrons. The third kappa shape index (κ3) is 3.34. The second kappa shape index (κ2) is 6.18. The number of carboxylic acid groups (broad SMARTS) is 1. The number of carbonyl (C=O) groups is 1. The maximum absolute atomic E-state index is 11.0. The number of aliphatic hydroxyl groups excluding tert-OH is 1. The van der Waals surface area contributed by atoms with E-state index in [1.165, 1.54) is 0 Å². The molecule has 0 aliphatic heterocycles. The lowest BCUT2D eigenvalue weighted by Gasteiger charge is -2.07. The molecule has 0 aliphatic rings. The zero-order valence-corrected chi connectivity index (χ0v) is 12.2. The Balaban J connectivity index is 2.09. The third-order valence-corrected chi connectivity index (χ3v) is 4.33. The van der Waals surface area contributed by atoms with Crippen LogP contribution in [0.4, 0.5) is 0 Å². The van der Waals surface area contributed by atoms with Gasteiger partial charge in [-0.25, -0.2) is 4.79 Å². The van der Waals surface area contributed by atoms with Gasteiger partial charge in [0.15, 0.2) is 10.6 Å². The summed E-state index contributed by atoms with van der Waals surface area (Å²) in [7, 11) is 0. The standard InChI is InChI=1S/C13H11BrO4S/c14-10-7-19-12(13(16)17)11(10)18-6-9-3-1-8(5-15)2-4-9/h1-4,7,15H,5-6H2,(H,16,17). The minimum atomic E-state index is -0.999. The van der Waals surface area contributed by atoms with E-state index < -0.39 is 5.97 Å². The topological polar surface area (TPSA) is 66.8 Å². The van der Waals surface area contributed by atoms with E-state index in [1.807, 2.05) is 12.1 Å². The van der Waals surface area contributed by atoms with E-state index in [4.69, 9.17) is 14.9 Å². The smallest absolute Gasteiger partial charge is 0.349 e. The Hall–Kier alpha value is -1.37. The van der Waals surface area contributed by atoms with Gasteiger partial charge in [-0.1, -0.05) is 24.3 Å². The van der Waals surface area contributed by atoms with Gasteiger partial charge in [-0.2, -0.15) is 0 Å². The summed E-state index contributed by atoms with van der Waals surface area (Å²) in [6.07, 6.45) is 0. The van der Waals surface area contributed by atoms with Crippen molar-refractivity contribution >= 4 is 33.2 Å². The Morgan fingerprint density at radius 3 is 2.47 bits per heavy atom. The molecule has 0 bridgehead atoms. The molecule has 1 aromatic heterocycles. The highest BCUT2D eigenvalue weighted by Crippen LogP contribution is 2.35. The molecule has 2 aromatic rings. The highest BCUT2D eigenvalue weighted by atomic mass is 79.9. The number of ether oxygens (including phenoxy) is 1. The second-order valence-electron chi connectivity index (χ2n) is 3.81. The Labute approximate surface area is 122 Å². The Morgan fingerprint density at radius 1 is 1.26 bits per heavy atom. The first-order chi connectivity index (χ1) is 9.11. The third-order valence-electron chi connectivity index (χ3n) is 2.49. The van der Waals surface area contributed by atoms with E-state index in [2.05, 4.69) is 15.9 Å². The summed E-state index contributed by atoms with van der Waals surface area (Å²) in [5.74, 6) is -0.648. The Morgan fingerprint density at radius 2 is 1.89 bits per heavy atom. The Bertz CT molecular complexity index is 577. The number of rotatable bonds is 5. The molecular formula is C13H11BrO4S. The number of halogens is 1. The first kappa shape index (κ1) is 14.0. The van der Waals surface area contributed by atoms with Crippen LogP contribution in [0.2, 0.25) is 0 Å². The van der Waals surface area contributed by atoms with Gasteiger partial charge in [-0.15, -0.1) is 11.3 Å². The molecule has 2 N–H and O–H groups in total. The molecule has 0 radical (unpaired) electrons. The quantitative estimate of drug-likeness (QED) is 0.874. The number of carboxylic acids is 1. The maximum Gasteiger partial charge on any atom is 0.349 e. The Kier molecular flexibility index (Phi) is 4.57. The fourth-order valence-electron chi connectivity index (χ4n) is 1.50. The first-order valence-electron chi connectivity index (χ1n) is 5.43. The van der Waals surface area contributed by atoms with E-state index >= 15 is 0 Å². The van der Waals surface area contributed by atoms with Gasteiger partial charge in [0, 0.05) is 5.38 Å². The minimum Gasteiger partial charge on any atom is -0.486 e. The highest BCUT2D eigenvalue weighted by molar-refractivity contribution is 9.10. The van der Waals surface area contributed by atoms with Crippen molar-refractivity contribution in [3.05, 3.63) is 50.1 Å². The molecule has 0 saturated heterocycles. The molecule has 0 saturated carbocycles. The van der Waals surface area contributed by atoms with Crippen LogP contribution in [-0.2, 0) is 13.2 Å². The summed E-state index contributed by atoms with van der Waals surface area (Å²) in [6.45, 7) is 0.279. The largest absolute Gasteiger partial charge is 0.486 e. The zero-order chi connectivity index (χ0) is 13.8. The summed E-state index contributed by atoms with van der Waals surface area (Å²) in [4.78, 5) is 11.2. The van der Waals surface area contributed by atoms with E-state index in [9.17, 15) is 4.79 Å². The number of aliphatic hydroxyl groups is 1. The van der Waals surface area contributed by atoms with Crippen LogP contribution in [0.15, 0.2) is 34.1 Å². The van der Waals surface area contributed by atoms with E-state index in [-0.39, 0.29) is 18.1 Å². The summed E-state index contributed by atoms with van der Waals surface area (Å²) in [5.41, 5.74) is 1.73. The number of hydrogen-bond donors (Lipinski definition) is 2. The van der Waals surface area contributed by atoms with Crippen molar-refractivity contribution in [2.45, 2.75) is 13.2 Å². The lowest BCUT2D eigenvalue weighted by molar-refractivity contribution is 0.0697. The van der Waals surface area contributed by atoms with Crippen molar-refractivity contribution in [3.8, 4) is 5.75 Å². The van der Waals surface area contributed by atoms with Crippen LogP contribution in [-0.4, -0.2) is 16.2 Å². The van der Waals surface area contributed by atoms with Gasteiger partial charge in [-0.05, 0) is 27.1 Å². The van der Waals surface area contributed by atoms with Crippen LogP contribution in [0.1, 0.15) is 20.8 Å². The molecule has 4 nitrogen and oxygen atoms in total. The summed E-state index contributed by atoms with van der Waals surface area (Å²) >= 11 is 4.39. The SMILES string of the molecule is O=C(O)c1scc(Br)c1OCc1ccc(CO)cc1. The van der Waals surface area contributed by atoms with Crippen LogP contribution in [0.25, 0.3) is 0 Å². The predicted octanol–water partition coefficient (Wildman–Crippen LogP) is 3.28. The van der Waals surface area contributed by atoms with Crippen LogP contribution in [0.3, 0.4) is 0 Å². The molecule has 0 spiro atoms. The number of benzene rings is 1. The van der Waals surface area contributed by atoms with Gasteiger partial charge >= 0.3 is 5.97 Å².